The summed E-state index contributed by atoms with van der Waals surface area (Å²) in [4.78, 5) is 24.3. The first-order valence-electron chi connectivity index (χ1n) is 13.4. The number of methoxy groups -OCH3 is 1. The monoisotopic (exact) mass is 624 g/mol. The number of aliphatic hydroxyl groups is 3. The van der Waals surface area contributed by atoms with Crippen LogP contribution in [-0.2, 0) is 14.3 Å². The number of esters is 1. The Bertz CT molecular complexity index is 1760. The second-order valence-corrected chi connectivity index (χ2v) is 10.0. The van der Waals surface area contributed by atoms with E-state index >= 15 is 0 Å². The van der Waals surface area contributed by atoms with Gasteiger partial charge in [-0.3, -0.25) is 4.79 Å². The standard InChI is InChI=1S/C31H28O14/c1-41-23-9-15(4-6-19(23)34)30-24(12-17-20(35)10-16(32)11-22(17)43-30)44-31-29(40)28(39)27(38)25(45-31)13-42-26(37)7-3-14-2-5-18(33)21(36)8-14/h2-12,25,27-29,31,33-36,38-40H,13H2,1H3/t25-,27-,28+,29-,31-/m1/s1. The summed E-state index contributed by atoms with van der Waals surface area (Å²) in [6.45, 7) is -0.577. The van der Waals surface area contributed by atoms with Gasteiger partial charge in [0.05, 0.1) is 12.7 Å². The van der Waals surface area contributed by atoms with Crippen molar-refractivity contribution in [1.82, 2.24) is 0 Å². The summed E-state index contributed by atoms with van der Waals surface area (Å²) in [7, 11) is 1.33. The molecule has 236 valence electrons. The molecule has 0 saturated carbocycles. The van der Waals surface area contributed by atoms with Crippen LogP contribution in [0.2, 0.25) is 0 Å². The van der Waals surface area contributed by atoms with Gasteiger partial charge in [-0.25, -0.2) is 4.79 Å². The van der Waals surface area contributed by atoms with Crippen LogP contribution in [0.3, 0.4) is 0 Å². The number of phenols is 4. The molecule has 0 unspecified atom stereocenters. The maximum absolute atomic E-state index is 12.3. The first-order valence-corrected chi connectivity index (χ1v) is 13.4. The van der Waals surface area contributed by atoms with Crippen LogP contribution in [0.1, 0.15) is 5.56 Å². The van der Waals surface area contributed by atoms with Crippen LogP contribution in [0.25, 0.3) is 28.7 Å². The summed E-state index contributed by atoms with van der Waals surface area (Å²) < 4.78 is 27.8. The van der Waals surface area contributed by atoms with Crippen LogP contribution in [0, 0.1) is 0 Å². The molecular weight excluding hydrogens is 596 g/mol. The lowest BCUT2D eigenvalue weighted by atomic mass is 9.99. The molecule has 2 heterocycles. The van der Waals surface area contributed by atoms with Crippen molar-refractivity contribution in [3.63, 3.8) is 0 Å². The molecule has 1 fully saturated rings. The predicted octanol–water partition coefficient (Wildman–Crippen LogP) is 1.69. The Hall–Kier alpha value is -5.28. The molecule has 0 amide bonds. The summed E-state index contributed by atoms with van der Waals surface area (Å²) in [5, 5.41) is 71.2. The lowest BCUT2D eigenvalue weighted by molar-refractivity contribution is -0.278. The van der Waals surface area contributed by atoms with Crippen LogP contribution >= 0.6 is 0 Å². The van der Waals surface area contributed by atoms with E-state index in [0.717, 1.165) is 18.2 Å². The minimum Gasteiger partial charge on any atom is -0.507 e. The maximum Gasteiger partial charge on any atom is 0.330 e. The number of aliphatic hydroxyl groups excluding tert-OH is 3. The summed E-state index contributed by atoms with van der Waals surface area (Å²) in [5.74, 6) is -2.35. The molecule has 5 rings (SSSR count). The highest BCUT2D eigenvalue weighted by atomic mass is 16.7. The zero-order valence-electron chi connectivity index (χ0n) is 23.4. The molecule has 0 bridgehead atoms. The smallest absolute Gasteiger partial charge is 0.330 e. The highest BCUT2D eigenvalue weighted by Gasteiger charge is 2.46. The van der Waals surface area contributed by atoms with Crippen LogP contribution < -0.4 is 14.9 Å². The van der Waals surface area contributed by atoms with Gasteiger partial charge in [0, 0.05) is 23.8 Å². The van der Waals surface area contributed by atoms with Crippen LogP contribution in [0.15, 0.2) is 69.9 Å². The summed E-state index contributed by atoms with van der Waals surface area (Å²) in [6, 6.07) is 11.4. The number of phenolic OH excluding ortho intramolecular Hbond substituents is 4. The van der Waals surface area contributed by atoms with E-state index in [9.17, 15) is 45.3 Å². The number of fused-ring (bicyclic) bond motifs is 1. The van der Waals surface area contributed by atoms with Gasteiger partial charge in [0.15, 0.2) is 39.9 Å². The lowest BCUT2D eigenvalue weighted by Crippen LogP contribution is -2.60. The fourth-order valence-electron chi connectivity index (χ4n) is 4.58. The molecule has 2 aromatic carbocycles. The molecule has 0 aromatic heterocycles. The number of benzene rings is 3. The highest BCUT2D eigenvalue weighted by molar-refractivity contribution is 5.87. The lowest BCUT2D eigenvalue weighted by Gasteiger charge is -2.40. The number of carbonyl (C=O) groups excluding carboxylic acids is 1. The van der Waals surface area contributed by atoms with E-state index in [1.807, 2.05) is 0 Å². The Balaban J connectivity index is 1.40. The predicted molar refractivity (Wildman–Crippen MR) is 154 cm³/mol. The van der Waals surface area contributed by atoms with Crippen molar-refractivity contribution in [3.8, 4) is 57.1 Å². The fraction of sp³-hybridized carbons (Fsp3) is 0.226. The average molecular weight is 625 g/mol. The average Bonchev–Trinajstić information content (AvgIpc) is 3.01. The van der Waals surface area contributed by atoms with Crippen LogP contribution in [0.5, 0.6) is 34.5 Å². The fourth-order valence-corrected chi connectivity index (χ4v) is 4.58. The van der Waals surface area contributed by atoms with E-state index in [1.54, 1.807) is 0 Å². The summed E-state index contributed by atoms with van der Waals surface area (Å²) >= 11 is 0. The van der Waals surface area contributed by atoms with Crippen LogP contribution in [0.4, 0.5) is 0 Å². The molecular formula is C31H28O14. The van der Waals surface area contributed by atoms with E-state index in [1.165, 1.54) is 55.7 Å². The molecule has 5 atom stereocenters. The zero-order valence-corrected chi connectivity index (χ0v) is 23.4. The van der Waals surface area contributed by atoms with Gasteiger partial charge in [0.1, 0.15) is 42.5 Å². The molecule has 45 heavy (non-hydrogen) atoms. The third-order valence-electron chi connectivity index (χ3n) is 6.96. The molecule has 2 aromatic rings. The van der Waals surface area contributed by atoms with Gasteiger partial charge in [0.25, 0.3) is 0 Å². The molecule has 14 nitrogen and oxygen atoms in total. The molecule has 2 aliphatic heterocycles. The summed E-state index contributed by atoms with van der Waals surface area (Å²) in [6.07, 6.45) is -6.05. The number of rotatable bonds is 8. The minimum absolute atomic E-state index is 0.0182. The number of hydrogen-bond donors (Lipinski definition) is 7. The third kappa shape index (κ3) is 6.63. The molecule has 7 N–H and O–H groups in total. The van der Waals surface area contributed by atoms with Crippen LogP contribution in [-0.4, -0.2) is 86.1 Å². The molecule has 0 radical (unpaired) electrons. The van der Waals surface area contributed by atoms with Gasteiger partial charge >= 0.3 is 5.97 Å². The number of carbonyl (C=O) groups is 1. The van der Waals surface area contributed by atoms with Gasteiger partial charge in [-0.05, 0) is 48.0 Å². The number of aromatic hydroxyl groups is 4. The second-order valence-electron chi connectivity index (χ2n) is 10.0. The molecule has 1 aliphatic carbocycles. The quantitative estimate of drug-likeness (QED) is 0.0841. The van der Waals surface area contributed by atoms with E-state index in [2.05, 4.69) is 0 Å². The molecule has 1 saturated heterocycles. The Kier molecular flexibility index (Phi) is 8.83. The van der Waals surface area contributed by atoms with Crippen molar-refractivity contribution in [2.24, 2.45) is 0 Å². The van der Waals surface area contributed by atoms with Crippen molar-refractivity contribution in [3.05, 3.63) is 76.5 Å². The van der Waals surface area contributed by atoms with Crippen molar-refractivity contribution in [1.29, 1.82) is 0 Å². The van der Waals surface area contributed by atoms with Crippen molar-refractivity contribution in [2.45, 2.75) is 30.7 Å². The van der Waals surface area contributed by atoms with Gasteiger partial charge in [-0.1, -0.05) is 6.07 Å². The van der Waals surface area contributed by atoms with Crippen molar-refractivity contribution < 1.29 is 63.9 Å². The Labute approximate surface area is 254 Å². The number of hydrogen-bond acceptors (Lipinski definition) is 14. The first-order chi connectivity index (χ1) is 21.4. The zero-order chi connectivity index (χ0) is 32.4. The van der Waals surface area contributed by atoms with E-state index < -0.39 is 54.5 Å². The Morgan fingerprint density at radius 2 is 1.60 bits per heavy atom. The molecule has 14 heteroatoms. The topological polar surface area (TPSA) is 226 Å². The Morgan fingerprint density at radius 3 is 2.33 bits per heavy atom. The summed E-state index contributed by atoms with van der Waals surface area (Å²) in [5.41, 5.74) is 0.179. The van der Waals surface area contributed by atoms with E-state index in [0.29, 0.717) is 5.56 Å². The van der Waals surface area contributed by atoms with Crippen molar-refractivity contribution in [2.75, 3.05) is 13.7 Å². The van der Waals surface area contributed by atoms with Crippen molar-refractivity contribution >= 4 is 12.0 Å². The SMILES string of the molecule is COc1cc(-c2oc3cc(=O)cc(O)c-3cc2O[C@@H]2O[C@H](COC(=O)C=Cc3ccc(O)c(O)c3)[C@@H](O)[C@H](O)[C@H]2O)ccc1O. The molecule has 3 aliphatic rings. The van der Waals surface area contributed by atoms with Gasteiger partial charge in [-0.2, -0.15) is 0 Å². The van der Waals surface area contributed by atoms with Gasteiger partial charge < -0.3 is 59.1 Å². The van der Waals surface area contributed by atoms with Gasteiger partial charge in [0.2, 0.25) is 6.29 Å². The Morgan fingerprint density at radius 1 is 0.844 bits per heavy atom. The van der Waals surface area contributed by atoms with E-state index in [4.69, 9.17) is 23.4 Å². The normalized spacial score (nSPS) is 21.6. The number of ether oxygens (including phenoxy) is 4. The minimum atomic E-state index is -1.82. The maximum atomic E-state index is 12.3. The first kappa shape index (κ1) is 31.2. The largest absolute Gasteiger partial charge is 0.507 e. The second kappa shape index (κ2) is 12.8. The van der Waals surface area contributed by atoms with E-state index in [-0.39, 0.29) is 51.4 Å². The highest BCUT2D eigenvalue weighted by Crippen LogP contribution is 2.43. The van der Waals surface area contributed by atoms with Gasteiger partial charge in [-0.15, -0.1) is 0 Å². The third-order valence-corrected chi connectivity index (χ3v) is 6.96. The molecule has 0 spiro atoms.